The number of nitrogens with zero attached hydrogens (tertiary/aromatic N) is 2. The molecule has 5 aromatic rings. The monoisotopic (exact) mass is 462 g/mol. The van der Waals surface area contributed by atoms with Gasteiger partial charge in [-0.05, 0) is 35.6 Å². The fraction of sp³-hybridized carbons (Fsp3) is 0.200. The molecule has 5 rings (SSSR count). The van der Waals surface area contributed by atoms with E-state index in [2.05, 4.69) is 59.6 Å². The number of hydrogen-bond donors (Lipinski definition) is 2. The second kappa shape index (κ2) is 9.72. The quantitative estimate of drug-likeness (QED) is 0.270. The average Bonchev–Trinajstić information content (AvgIpc) is 3.51. The van der Waals surface area contributed by atoms with Crippen LogP contribution in [0.2, 0.25) is 0 Å². The molecule has 2 heterocycles. The third kappa shape index (κ3) is 4.81. The molecule has 0 aliphatic heterocycles. The average molecular weight is 463 g/mol. The molecule has 0 fully saturated rings. The lowest BCUT2D eigenvalue weighted by atomic mass is 9.94. The Balaban J connectivity index is 1.42. The van der Waals surface area contributed by atoms with E-state index in [1.54, 1.807) is 4.68 Å². The predicted octanol–water partition coefficient (Wildman–Crippen LogP) is 6.19. The highest BCUT2D eigenvalue weighted by molar-refractivity contribution is 6.11. The van der Waals surface area contributed by atoms with Gasteiger partial charge in [-0.15, -0.1) is 0 Å². The van der Waals surface area contributed by atoms with Crippen LogP contribution in [-0.4, -0.2) is 27.1 Å². The lowest BCUT2D eigenvalue weighted by Crippen LogP contribution is -2.31. The largest absolute Gasteiger partial charge is 0.360 e. The zero-order chi connectivity index (χ0) is 24.4. The number of aromatic nitrogens is 3. The number of aryl methyl sites for hydroxylation is 2. The maximum absolute atomic E-state index is 13.9. The van der Waals surface area contributed by atoms with Crippen LogP contribution in [-0.2, 0) is 7.05 Å². The van der Waals surface area contributed by atoms with Gasteiger partial charge in [-0.1, -0.05) is 79.2 Å². The van der Waals surface area contributed by atoms with Crippen LogP contribution in [0.4, 0.5) is 0 Å². The molecule has 5 heteroatoms. The van der Waals surface area contributed by atoms with Gasteiger partial charge in [-0.25, -0.2) is 0 Å². The molecule has 5 nitrogen and oxygen atoms in total. The number of aromatic amines is 1. The topological polar surface area (TPSA) is 62.7 Å². The number of H-pyrrole nitrogens is 1. The molecule has 0 amide bonds. The van der Waals surface area contributed by atoms with Gasteiger partial charge in [-0.3, -0.25) is 9.48 Å². The maximum atomic E-state index is 13.9. The van der Waals surface area contributed by atoms with Gasteiger partial charge < -0.3 is 10.3 Å². The van der Waals surface area contributed by atoms with Crippen molar-refractivity contribution in [2.45, 2.75) is 25.8 Å². The van der Waals surface area contributed by atoms with E-state index in [0.29, 0.717) is 12.1 Å². The molecule has 0 radical (unpaired) electrons. The van der Waals surface area contributed by atoms with Crippen molar-refractivity contribution in [1.29, 1.82) is 0 Å². The number of carbonyl (C=O) groups is 1. The van der Waals surface area contributed by atoms with Crippen molar-refractivity contribution in [3.05, 3.63) is 114 Å². The van der Waals surface area contributed by atoms with E-state index >= 15 is 0 Å². The van der Waals surface area contributed by atoms with Gasteiger partial charge in [-0.2, -0.15) is 5.10 Å². The first-order valence-corrected chi connectivity index (χ1v) is 12.0. The molecule has 176 valence electrons. The summed E-state index contributed by atoms with van der Waals surface area (Å²) in [5.74, 6) is 0.340. The fourth-order valence-electron chi connectivity index (χ4n) is 4.55. The summed E-state index contributed by atoms with van der Waals surface area (Å²) in [7, 11) is 1.91. The Bertz CT molecular complexity index is 1450. The zero-order valence-corrected chi connectivity index (χ0v) is 20.3. The minimum atomic E-state index is -0.430. The molecule has 0 unspecified atom stereocenters. The standard InChI is InChI=1S/C30H30N4O/c1-20-9-11-22(12-10-20)21(2)16-32-29(23-7-5-4-6-8-23)30(35)27-18-31-28-15-24(13-14-26(27)28)25-17-33-34(3)19-25/h4-15,17-19,21,29,31-32H,16H2,1-3H3/t21-,29+/m1/s1. The highest BCUT2D eigenvalue weighted by atomic mass is 16.1. The minimum Gasteiger partial charge on any atom is -0.360 e. The first-order chi connectivity index (χ1) is 17.0. The molecule has 0 saturated heterocycles. The number of fused-ring (bicyclic) bond motifs is 1. The molecule has 0 spiro atoms. The van der Waals surface area contributed by atoms with Crippen molar-refractivity contribution in [3.63, 3.8) is 0 Å². The van der Waals surface area contributed by atoms with Gasteiger partial charge in [0.05, 0.1) is 12.2 Å². The van der Waals surface area contributed by atoms with Crippen LogP contribution in [0.25, 0.3) is 22.0 Å². The van der Waals surface area contributed by atoms with Crippen molar-refractivity contribution in [3.8, 4) is 11.1 Å². The molecule has 0 aliphatic rings. The highest BCUT2D eigenvalue weighted by Gasteiger charge is 2.25. The van der Waals surface area contributed by atoms with E-state index in [1.165, 1.54) is 11.1 Å². The van der Waals surface area contributed by atoms with Crippen LogP contribution in [0.3, 0.4) is 0 Å². The molecule has 3 aromatic carbocycles. The molecule has 0 aliphatic carbocycles. The van der Waals surface area contributed by atoms with E-state index < -0.39 is 6.04 Å². The second-order valence-corrected chi connectivity index (χ2v) is 9.29. The first-order valence-electron chi connectivity index (χ1n) is 12.0. The lowest BCUT2D eigenvalue weighted by molar-refractivity contribution is 0.0944. The lowest BCUT2D eigenvalue weighted by Gasteiger charge is -2.21. The molecule has 2 atom stereocenters. The van der Waals surface area contributed by atoms with E-state index in [1.807, 2.05) is 68.1 Å². The Hall–Kier alpha value is -3.96. The molecule has 0 bridgehead atoms. The van der Waals surface area contributed by atoms with Crippen molar-refractivity contribution < 1.29 is 4.79 Å². The molecule has 2 N–H and O–H groups in total. The molecule has 0 saturated carbocycles. The van der Waals surface area contributed by atoms with E-state index in [0.717, 1.165) is 27.6 Å². The summed E-state index contributed by atoms with van der Waals surface area (Å²) >= 11 is 0. The van der Waals surface area contributed by atoms with Gasteiger partial charge in [0.15, 0.2) is 5.78 Å². The van der Waals surface area contributed by atoms with E-state index in [4.69, 9.17) is 0 Å². The summed E-state index contributed by atoms with van der Waals surface area (Å²) in [4.78, 5) is 17.2. The summed E-state index contributed by atoms with van der Waals surface area (Å²) in [5, 5.41) is 8.76. The van der Waals surface area contributed by atoms with Crippen molar-refractivity contribution in [2.75, 3.05) is 6.54 Å². The van der Waals surface area contributed by atoms with Crippen LogP contribution in [0.5, 0.6) is 0 Å². The Kier molecular flexibility index (Phi) is 6.34. The fourth-order valence-corrected chi connectivity index (χ4v) is 4.55. The minimum absolute atomic E-state index is 0.0627. The highest BCUT2D eigenvalue weighted by Crippen LogP contribution is 2.29. The number of benzene rings is 3. The molecule has 35 heavy (non-hydrogen) atoms. The number of hydrogen-bond acceptors (Lipinski definition) is 3. The van der Waals surface area contributed by atoms with Crippen LogP contribution in [0.1, 0.15) is 45.9 Å². The maximum Gasteiger partial charge on any atom is 0.186 e. The summed E-state index contributed by atoms with van der Waals surface area (Å²) < 4.78 is 1.79. The van der Waals surface area contributed by atoms with Crippen LogP contribution in [0.15, 0.2) is 91.4 Å². The Morgan fingerprint density at radius 2 is 1.77 bits per heavy atom. The summed E-state index contributed by atoms with van der Waals surface area (Å²) in [5.41, 5.74) is 7.23. The predicted molar refractivity (Wildman–Crippen MR) is 142 cm³/mol. The van der Waals surface area contributed by atoms with Crippen LogP contribution < -0.4 is 5.32 Å². The van der Waals surface area contributed by atoms with Gasteiger partial charge in [0, 0.05) is 48.0 Å². The number of rotatable bonds is 8. The zero-order valence-electron chi connectivity index (χ0n) is 20.3. The molecular weight excluding hydrogens is 432 g/mol. The van der Waals surface area contributed by atoms with E-state index in [9.17, 15) is 4.79 Å². The van der Waals surface area contributed by atoms with Crippen LogP contribution in [0, 0.1) is 6.92 Å². The second-order valence-electron chi connectivity index (χ2n) is 9.29. The van der Waals surface area contributed by atoms with Gasteiger partial charge in [0.1, 0.15) is 0 Å². The normalized spacial score (nSPS) is 13.1. The number of ketones is 1. The van der Waals surface area contributed by atoms with Gasteiger partial charge >= 0.3 is 0 Å². The molecular formula is C30H30N4O. The third-order valence-corrected chi connectivity index (χ3v) is 6.66. The van der Waals surface area contributed by atoms with Gasteiger partial charge in [0.25, 0.3) is 0 Å². The third-order valence-electron chi connectivity index (χ3n) is 6.66. The van der Waals surface area contributed by atoms with Crippen LogP contribution >= 0.6 is 0 Å². The smallest absolute Gasteiger partial charge is 0.186 e. The van der Waals surface area contributed by atoms with Crippen molar-refractivity contribution >= 4 is 16.7 Å². The Morgan fingerprint density at radius 1 is 1.00 bits per heavy atom. The Morgan fingerprint density at radius 3 is 2.49 bits per heavy atom. The molecule has 2 aromatic heterocycles. The van der Waals surface area contributed by atoms with Crippen molar-refractivity contribution in [2.24, 2.45) is 7.05 Å². The summed E-state index contributed by atoms with van der Waals surface area (Å²) in [6.07, 6.45) is 5.67. The first kappa shape index (κ1) is 22.8. The number of nitrogens with one attached hydrogen (secondary N) is 2. The number of Topliss-reactive ketones (excluding diaryl/α,β-unsaturated/α-hetero) is 1. The van der Waals surface area contributed by atoms with Crippen molar-refractivity contribution in [1.82, 2.24) is 20.1 Å². The van der Waals surface area contributed by atoms with E-state index in [-0.39, 0.29) is 11.7 Å². The SMILES string of the molecule is Cc1ccc([C@H](C)CN[C@H](C(=O)c2c[nH]c3cc(-c4cnn(C)c4)ccc23)c2ccccc2)cc1. The Labute approximate surface area is 205 Å². The summed E-state index contributed by atoms with van der Waals surface area (Å²) in [6, 6.07) is 24.3. The summed E-state index contributed by atoms with van der Waals surface area (Å²) in [6.45, 7) is 4.98. The number of carbonyl (C=O) groups excluding carboxylic acids is 1. The van der Waals surface area contributed by atoms with Gasteiger partial charge in [0.2, 0.25) is 0 Å².